The van der Waals surface area contributed by atoms with E-state index in [1.54, 1.807) is 7.11 Å². The predicted octanol–water partition coefficient (Wildman–Crippen LogP) is 2.27. The number of nitrogens with one attached hydrogen (secondary N) is 2. The van der Waals surface area contributed by atoms with Crippen molar-refractivity contribution in [3.8, 4) is 5.75 Å². The van der Waals surface area contributed by atoms with Crippen LogP contribution in [-0.2, 0) is 26.7 Å². The van der Waals surface area contributed by atoms with Gasteiger partial charge in [0.2, 0.25) is 0 Å². The Balaban J connectivity index is 1.59. The van der Waals surface area contributed by atoms with E-state index >= 15 is 0 Å². The highest BCUT2D eigenvalue weighted by Gasteiger charge is 2.07. The van der Waals surface area contributed by atoms with Crippen molar-refractivity contribution in [3.05, 3.63) is 58.9 Å². The van der Waals surface area contributed by atoms with Gasteiger partial charge in [-0.15, -0.1) is 10.2 Å². The molecular weight excluding hydrogens is 392 g/mol. The van der Waals surface area contributed by atoms with Crippen LogP contribution in [-0.4, -0.2) is 44.2 Å². The Labute approximate surface area is 183 Å². The Bertz CT molecular complexity index is 1000. The molecule has 0 aliphatic heterocycles. The van der Waals surface area contributed by atoms with Crippen LogP contribution in [0.25, 0.3) is 0 Å². The molecule has 0 aliphatic carbocycles. The summed E-state index contributed by atoms with van der Waals surface area (Å²) in [5.41, 5.74) is 3.34. The third-order valence-corrected chi connectivity index (χ3v) is 5.12. The van der Waals surface area contributed by atoms with Crippen molar-refractivity contribution < 1.29 is 4.74 Å². The first-order valence-electron chi connectivity index (χ1n) is 10.5. The lowest BCUT2D eigenvalue weighted by Gasteiger charge is -2.13. The number of rotatable bonds is 9. The molecular formula is C22H32N8O. The summed E-state index contributed by atoms with van der Waals surface area (Å²) in [5, 5.41) is 19.6. The van der Waals surface area contributed by atoms with Gasteiger partial charge in [0.15, 0.2) is 11.8 Å². The Morgan fingerprint density at radius 3 is 2.48 bits per heavy atom. The number of nitrogens with zero attached hydrogens (tertiary/aromatic N) is 6. The second kappa shape index (κ2) is 10.6. The van der Waals surface area contributed by atoms with Crippen LogP contribution in [0.3, 0.4) is 0 Å². The van der Waals surface area contributed by atoms with Crippen molar-refractivity contribution in [2.75, 3.05) is 13.7 Å². The molecule has 0 spiro atoms. The fourth-order valence-corrected chi connectivity index (χ4v) is 3.18. The molecule has 3 aromatic rings. The van der Waals surface area contributed by atoms with Gasteiger partial charge in [0.25, 0.3) is 0 Å². The molecule has 0 radical (unpaired) electrons. The normalized spacial score (nSPS) is 11.6. The molecule has 166 valence electrons. The first-order chi connectivity index (χ1) is 15.0. The van der Waals surface area contributed by atoms with Gasteiger partial charge in [0.05, 0.1) is 25.9 Å². The van der Waals surface area contributed by atoms with Crippen LogP contribution in [0.15, 0.2) is 35.3 Å². The van der Waals surface area contributed by atoms with Crippen molar-refractivity contribution in [2.45, 2.75) is 46.8 Å². The highest BCUT2D eigenvalue weighted by molar-refractivity contribution is 5.79. The molecule has 9 nitrogen and oxygen atoms in total. The molecule has 9 heteroatoms. The van der Waals surface area contributed by atoms with Crippen molar-refractivity contribution in [1.82, 2.24) is 35.2 Å². The number of hydrogen-bond acceptors (Lipinski definition) is 5. The standard InChI is InChI=1S/C22H32N8O/c1-16-13-17(2)30(28-16)12-6-11-23-22(25-15-21-27-26-18(3)29(21)4)24-14-19-7-9-20(31-5)10-8-19/h7-10,13H,6,11-12,14-15H2,1-5H3,(H2,23,24,25). The zero-order chi connectivity index (χ0) is 22.2. The van der Waals surface area contributed by atoms with Crippen LogP contribution in [0.2, 0.25) is 0 Å². The van der Waals surface area contributed by atoms with E-state index in [1.165, 1.54) is 5.69 Å². The van der Waals surface area contributed by atoms with Gasteiger partial charge in [0, 0.05) is 25.8 Å². The zero-order valence-electron chi connectivity index (χ0n) is 19.0. The number of aliphatic imine (C=N–C) groups is 1. The average molecular weight is 425 g/mol. The van der Waals surface area contributed by atoms with Gasteiger partial charge in [-0.25, -0.2) is 4.99 Å². The van der Waals surface area contributed by atoms with Gasteiger partial charge in [-0.2, -0.15) is 5.10 Å². The summed E-state index contributed by atoms with van der Waals surface area (Å²) in [6.07, 6.45) is 0.939. The molecule has 2 heterocycles. The molecule has 0 fully saturated rings. The zero-order valence-corrected chi connectivity index (χ0v) is 19.0. The number of benzene rings is 1. The maximum absolute atomic E-state index is 5.22. The molecule has 1 aromatic carbocycles. The van der Waals surface area contributed by atoms with E-state index in [9.17, 15) is 0 Å². The Kier molecular flexibility index (Phi) is 7.64. The lowest BCUT2D eigenvalue weighted by atomic mass is 10.2. The summed E-state index contributed by atoms with van der Waals surface area (Å²) in [6.45, 7) is 8.79. The molecule has 0 bridgehead atoms. The topological polar surface area (TPSA) is 94.2 Å². The molecule has 0 atom stereocenters. The number of guanidine groups is 1. The van der Waals surface area contributed by atoms with E-state index < -0.39 is 0 Å². The van der Waals surface area contributed by atoms with E-state index in [1.807, 2.05) is 54.4 Å². The monoisotopic (exact) mass is 424 g/mol. The van der Waals surface area contributed by atoms with Gasteiger partial charge < -0.3 is 19.9 Å². The van der Waals surface area contributed by atoms with Crippen LogP contribution in [0.4, 0.5) is 0 Å². The fourth-order valence-electron chi connectivity index (χ4n) is 3.18. The second-order valence-electron chi connectivity index (χ2n) is 7.52. The van der Waals surface area contributed by atoms with Crippen LogP contribution in [0, 0.1) is 20.8 Å². The average Bonchev–Trinajstić information content (AvgIpc) is 3.27. The summed E-state index contributed by atoms with van der Waals surface area (Å²) < 4.78 is 9.24. The summed E-state index contributed by atoms with van der Waals surface area (Å²) in [7, 11) is 3.63. The van der Waals surface area contributed by atoms with Crippen LogP contribution in [0.5, 0.6) is 5.75 Å². The first-order valence-corrected chi connectivity index (χ1v) is 10.5. The minimum atomic E-state index is 0.545. The summed E-state index contributed by atoms with van der Waals surface area (Å²) in [4.78, 5) is 4.74. The number of aromatic nitrogens is 5. The van der Waals surface area contributed by atoms with Crippen LogP contribution >= 0.6 is 0 Å². The Hall–Kier alpha value is -3.36. The van der Waals surface area contributed by atoms with Gasteiger partial charge in [0.1, 0.15) is 11.6 Å². The maximum Gasteiger partial charge on any atom is 0.191 e. The smallest absolute Gasteiger partial charge is 0.191 e. The minimum Gasteiger partial charge on any atom is -0.497 e. The molecule has 0 saturated carbocycles. The molecule has 0 aliphatic rings. The number of ether oxygens (including phenoxy) is 1. The second-order valence-corrected chi connectivity index (χ2v) is 7.52. The van der Waals surface area contributed by atoms with Gasteiger partial charge >= 0.3 is 0 Å². The summed E-state index contributed by atoms with van der Waals surface area (Å²) in [5.74, 6) is 3.32. The van der Waals surface area contributed by atoms with Crippen molar-refractivity contribution in [2.24, 2.45) is 12.0 Å². The van der Waals surface area contributed by atoms with Gasteiger partial charge in [-0.1, -0.05) is 12.1 Å². The van der Waals surface area contributed by atoms with Crippen molar-refractivity contribution >= 4 is 5.96 Å². The van der Waals surface area contributed by atoms with Gasteiger partial charge in [-0.05, 0) is 51.0 Å². The van der Waals surface area contributed by atoms with E-state index in [-0.39, 0.29) is 0 Å². The third kappa shape index (κ3) is 6.31. The SMILES string of the molecule is COc1ccc(CN=C(NCCCn2nc(C)cc2C)NCc2nnc(C)n2C)cc1. The van der Waals surface area contributed by atoms with Crippen LogP contribution < -0.4 is 15.4 Å². The molecule has 0 saturated heterocycles. The molecule has 0 unspecified atom stereocenters. The number of aryl methyl sites for hydroxylation is 4. The molecule has 3 rings (SSSR count). The Morgan fingerprint density at radius 1 is 1.10 bits per heavy atom. The van der Waals surface area contributed by atoms with E-state index in [0.29, 0.717) is 13.1 Å². The third-order valence-electron chi connectivity index (χ3n) is 5.12. The first kappa shape index (κ1) is 22.3. The van der Waals surface area contributed by atoms with Crippen LogP contribution in [0.1, 0.15) is 35.0 Å². The molecule has 2 aromatic heterocycles. The van der Waals surface area contributed by atoms with Gasteiger partial charge in [-0.3, -0.25) is 4.68 Å². The number of hydrogen-bond donors (Lipinski definition) is 2. The highest BCUT2D eigenvalue weighted by atomic mass is 16.5. The number of methoxy groups -OCH3 is 1. The predicted molar refractivity (Wildman–Crippen MR) is 121 cm³/mol. The van der Waals surface area contributed by atoms with E-state index in [4.69, 9.17) is 9.73 Å². The highest BCUT2D eigenvalue weighted by Crippen LogP contribution is 2.12. The maximum atomic E-state index is 5.22. The fraction of sp³-hybridized carbons (Fsp3) is 0.455. The molecule has 0 amide bonds. The van der Waals surface area contributed by atoms with E-state index in [0.717, 1.165) is 54.1 Å². The summed E-state index contributed by atoms with van der Waals surface area (Å²) in [6, 6.07) is 10.0. The lowest BCUT2D eigenvalue weighted by Crippen LogP contribution is -2.38. The summed E-state index contributed by atoms with van der Waals surface area (Å²) >= 11 is 0. The largest absolute Gasteiger partial charge is 0.497 e. The molecule has 2 N–H and O–H groups in total. The van der Waals surface area contributed by atoms with E-state index in [2.05, 4.69) is 38.9 Å². The quantitative estimate of drug-likeness (QED) is 0.311. The Morgan fingerprint density at radius 2 is 1.87 bits per heavy atom. The lowest BCUT2D eigenvalue weighted by molar-refractivity contribution is 0.414. The van der Waals surface area contributed by atoms with Crippen molar-refractivity contribution in [3.63, 3.8) is 0 Å². The molecule has 31 heavy (non-hydrogen) atoms. The van der Waals surface area contributed by atoms with Crippen molar-refractivity contribution in [1.29, 1.82) is 0 Å². The minimum absolute atomic E-state index is 0.545.